The first-order chi connectivity index (χ1) is 9.22. The van der Waals surface area contributed by atoms with E-state index in [-0.39, 0.29) is 17.7 Å². The Morgan fingerprint density at radius 3 is 2.84 bits per heavy atom. The van der Waals surface area contributed by atoms with Crippen LogP contribution in [0.5, 0.6) is 0 Å². The maximum atomic E-state index is 11.4. The molecule has 1 aliphatic heterocycles. The molecule has 2 aromatic rings. The van der Waals surface area contributed by atoms with Crippen molar-refractivity contribution < 1.29 is 4.79 Å². The van der Waals surface area contributed by atoms with Gasteiger partial charge in [0.25, 0.3) is 0 Å². The minimum atomic E-state index is -0.0630. The number of piperazine rings is 1. The number of anilines is 1. The molecular formula is C10H10ClN7O. The average molecular weight is 280 g/mol. The zero-order valence-electron chi connectivity index (χ0n) is 9.82. The Kier molecular flexibility index (Phi) is 3.00. The van der Waals surface area contributed by atoms with Gasteiger partial charge in [-0.2, -0.15) is 15.0 Å². The van der Waals surface area contributed by atoms with Gasteiger partial charge in [-0.25, -0.2) is 4.98 Å². The van der Waals surface area contributed by atoms with Crippen LogP contribution in [0, 0.1) is 0 Å². The number of rotatable bonds is 2. The fourth-order valence-corrected chi connectivity index (χ4v) is 1.92. The van der Waals surface area contributed by atoms with Gasteiger partial charge in [0.2, 0.25) is 23.1 Å². The first-order valence-electron chi connectivity index (χ1n) is 5.64. The summed E-state index contributed by atoms with van der Waals surface area (Å²) in [5.41, 5.74) is 0. The van der Waals surface area contributed by atoms with Gasteiger partial charge in [0.1, 0.15) is 6.33 Å². The molecule has 0 atom stereocenters. The molecule has 19 heavy (non-hydrogen) atoms. The molecule has 2 aromatic heterocycles. The lowest BCUT2D eigenvalue weighted by Crippen LogP contribution is -2.48. The normalized spacial score (nSPS) is 15.4. The molecule has 1 aliphatic rings. The molecule has 1 saturated heterocycles. The fraction of sp³-hybridized carbons (Fsp3) is 0.300. The second-order valence-electron chi connectivity index (χ2n) is 3.95. The Bertz CT molecular complexity index is 600. The molecule has 0 spiro atoms. The van der Waals surface area contributed by atoms with Gasteiger partial charge in [0, 0.05) is 25.5 Å². The molecule has 3 heterocycles. The number of hydrogen-bond donors (Lipinski definition) is 1. The van der Waals surface area contributed by atoms with E-state index < -0.39 is 0 Å². The van der Waals surface area contributed by atoms with Crippen molar-refractivity contribution in [3.05, 3.63) is 24.0 Å². The van der Waals surface area contributed by atoms with Crippen LogP contribution in [-0.4, -0.2) is 50.0 Å². The van der Waals surface area contributed by atoms with Crippen LogP contribution in [0.2, 0.25) is 5.28 Å². The molecule has 9 heteroatoms. The molecule has 0 aromatic carbocycles. The zero-order chi connectivity index (χ0) is 13.2. The fourth-order valence-electron chi connectivity index (χ4n) is 1.77. The second-order valence-corrected chi connectivity index (χ2v) is 4.28. The summed E-state index contributed by atoms with van der Waals surface area (Å²) in [7, 11) is 0. The van der Waals surface area contributed by atoms with Crippen LogP contribution in [0.25, 0.3) is 5.95 Å². The number of amides is 1. The highest BCUT2D eigenvalue weighted by Gasteiger charge is 2.20. The van der Waals surface area contributed by atoms with Crippen LogP contribution in [-0.2, 0) is 4.79 Å². The quantitative estimate of drug-likeness (QED) is 0.808. The van der Waals surface area contributed by atoms with Gasteiger partial charge >= 0.3 is 0 Å². The zero-order valence-corrected chi connectivity index (χ0v) is 10.6. The lowest BCUT2D eigenvalue weighted by molar-refractivity contribution is -0.120. The highest BCUT2D eigenvalue weighted by molar-refractivity contribution is 6.28. The van der Waals surface area contributed by atoms with Gasteiger partial charge in [0.15, 0.2) is 0 Å². The van der Waals surface area contributed by atoms with Crippen molar-refractivity contribution >= 4 is 23.5 Å². The van der Waals surface area contributed by atoms with Crippen LogP contribution >= 0.6 is 11.6 Å². The van der Waals surface area contributed by atoms with E-state index >= 15 is 0 Å². The topological polar surface area (TPSA) is 88.8 Å². The molecule has 8 nitrogen and oxygen atoms in total. The molecular weight excluding hydrogens is 270 g/mol. The Morgan fingerprint density at radius 1 is 1.26 bits per heavy atom. The number of carbonyl (C=O) groups excluding carboxylic acids is 1. The molecule has 3 rings (SSSR count). The standard InChI is InChI=1S/C10H10ClN7O/c11-8-14-9(17-4-2-13-7(19)5-17)16-10(15-8)18-3-1-12-6-18/h1,3,6H,2,4-5H2,(H,13,19). The molecule has 0 radical (unpaired) electrons. The second kappa shape index (κ2) is 4.81. The van der Waals surface area contributed by atoms with E-state index in [1.165, 1.54) is 0 Å². The Balaban J connectivity index is 1.95. The highest BCUT2D eigenvalue weighted by atomic mass is 35.5. The first kappa shape index (κ1) is 11.8. The van der Waals surface area contributed by atoms with Crippen molar-refractivity contribution in [2.24, 2.45) is 0 Å². The minimum Gasteiger partial charge on any atom is -0.353 e. The van der Waals surface area contributed by atoms with Gasteiger partial charge in [-0.3, -0.25) is 9.36 Å². The van der Waals surface area contributed by atoms with Gasteiger partial charge in [-0.1, -0.05) is 0 Å². The minimum absolute atomic E-state index is 0.0630. The third kappa shape index (κ3) is 2.48. The summed E-state index contributed by atoms with van der Waals surface area (Å²) in [6, 6.07) is 0. The summed E-state index contributed by atoms with van der Waals surface area (Å²) >= 11 is 5.90. The monoisotopic (exact) mass is 279 g/mol. The van der Waals surface area contributed by atoms with Gasteiger partial charge in [-0.15, -0.1) is 0 Å². The van der Waals surface area contributed by atoms with Crippen LogP contribution in [0.15, 0.2) is 18.7 Å². The van der Waals surface area contributed by atoms with Crippen molar-refractivity contribution in [3.8, 4) is 5.95 Å². The predicted octanol–water partition coefficient (Wildman–Crippen LogP) is -0.353. The Morgan fingerprint density at radius 2 is 2.11 bits per heavy atom. The Labute approximate surface area is 113 Å². The van der Waals surface area contributed by atoms with E-state index in [1.807, 2.05) is 0 Å². The predicted molar refractivity (Wildman–Crippen MR) is 67.2 cm³/mol. The summed E-state index contributed by atoms with van der Waals surface area (Å²) in [5, 5.41) is 2.82. The highest BCUT2D eigenvalue weighted by Crippen LogP contribution is 2.14. The smallest absolute Gasteiger partial charge is 0.241 e. The van der Waals surface area contributed by atoms with Crippen LogP contribution in [0.1, 0.15) is 0 Å². The van der Waals surface area contributed by atoms with Crippen LogP contribution < -0.4 is 10.2 Å². The average Bonchev–Trinajstić information content (AvgIpc) is 2.92. The number of hydrogen-bond acceptors (Lipinski definition) is 6. The molecule has 0 aliphatic carbocycles. The summed E-state index contributed by atoms with van der Waals surface area (Å²) in [6.45, 7) is 1.40. The number of carbonyl (C=O) groups is 1. The maximum Gasteiger partial charge on any atom is 0.241 e. The van der Waals surface area contributed by atoms with Gasteiger partial charge < -0.3 is 10.2 Å². The molecule has 98 valence electrons. The van der Waals surface area contributed by atoms with E-state index in [1.54, 1.807) is 28.2 Å². The van der Waals surface area contributed by atoms with Crippen molar-refractivity contribution in [3.63, 3.8) is 0 Å². The van der Waals surface area contributed by atoms with E-state index in [0.29, 0.717) is 25.0 Å². The molecule has 0 bridgehead atoms. The molecule has 0 saturated carbocycles. The maximum absolute atomic E-state index is 11.4. The van der Waals surface area contributed by atoms with Crippen LogP contribution in [0.4, 0.5) is 5.95 Å². The summed E-state index contributed by atoms with van der Waals surface area (Å²) in [5.74, 6) is 0.698. The molecule has 0 unspecified atom stereocenters. The Hall–Kier alpha value is -2.22. The SMILES string of the molecule is O=C1CN(c2nc(Cl)nc(-n3ccnc3)n2)CCN1. The third-order valence-corrected chi connectivity index (χ3v) is 2.81. The van der Waals surface area contributed by atoms with Gasteiger partial charge in [0.05, 0.1) is 6.54 Å². The van der Waals surface area contributed by atoms with E-state index in [0.717, 1.165) is 0 Å². The van der Waals surface area contributed by atoms with Crippen molar-refractivity contribution in [2.75, 3.05) is 24.5 Å². The number of nitrogens with zero attached hydrogens (tertiary/aromatic N) is 6. The summed E-state index contributed by atoms with van der Waals surface area (Å²) < 4.78 is 1.63. The van der Waals surface area contributed by atoms with Crippen molar-refractivity contribution in [1.29, 1.82) is 0 Å². The van der Waals surface area contributed by atoms with Gasteiger partial charge in [-0.05, 0) is 11.6 Å². The largest absolute Gasteiger partial charge is 0.353 e. The molecule has 1 N–H and O–H groups in total. The summed E-state index contributed by atoms with van der Waals surface area (Å²) in [6.07, 6.45) is 4.89. The number of imidazole rings is 1. The van der Waals surface area contributed by atoms with Crippen LogP contribution in [0.3, 0.4) is 0 Å². The summed E-state index contributed by atoms with van der Waals surface area (Å²) in [4.78, 5) is 29.4. The van der Waals surface area contributed by atoms with E-state index in [4.69, 9.17) is 11.6 Å². The molecule has 1 fully saturated rings. The van der Waals surface area contributed by atoms with Crippen molar-refractivity contribution in [2.45, 2.75) is 0 Å². The van der Waals surface area contributed by atoms with Crippen molar-refractivity contribution in [1.82, 2.24) is 29.8 Å². The van der Waals surface area contributed by atoms with E-state index in [9.17, 15) is 4.79 Å². The number of nitrogens with one attached hydrogen (secondary N) is 1. The number of aromatic nitrogens is 5. The first-order valence-corrected chi connectivity index (χ1v) is 6.02. The molecule has 1 amide bonds. The lowest BCUT2D eigenvalue weighted by Gasteiger charge is -2.26. The van der Waals surface area contributed by atoms with E-state index in [2.05, 4.69) is 25.3 Å². The lowest BCUT2D eigenvalue weighted by atomic mass is 10.4. The third-order valence-electron chi connectivity index (χ3n) is 2.64. The number of halogens is 1.